The van der Waals surface area contributed by atoms with Crippen LogP contribution in [-0.2, 0) is 4.79 Å². The Kier molecular flexibility index (Phi) is 5.18. The number of anilines is 1. The van der Waals surface area contributed by atoms with E-state index in [1.165, 1.54) is 22.3 Å². The van der Waals surface area contributed by atoms with Crippen LogP contribution in [-0.4, -0.2) is 17.2 Å². The number of carbonyl (C=O) groups is 1. The first-order chi connectivity index (χ1) is 8.51. The van der Waals surface area contributed by atoms with Gasteiger partial charge in [-0.25, -0.2) is 5.84 Å². The zero-order valence-electron chi connectivity index (χ0n) is 10.8. The summed E-state index contributed by atoms with van der Waals surface area (Å²) >= 11 is 1.20. The Balaban J connectivity index is 3.09. The molecule has 1 aromatic rings. The molecule has 0 atom stereocenters. The summed E-state index contributed by atoms with van der Waals surface area (Å²) in [5.74, 6) is 11.6. The van der Waals surface area contributed by atoms with Crippen molar-refractivity contribution in [3.05, 3.63) is 28.8 Å². The SMILES string of the molecule is Cc1cc(C)c(N(N)/C(=N\N)SCC=O)c(C)c1. The Morgan fingerprint density at radius 1 is 1.39 bits per heavy atom. The molecule has 0 spiro atoms. The highest BCUT2D eigenvalue weighted by atomic mass is 32.2. The highest BCUT2D eigenvalue weighted by molar-refractivity contribution is 8.14. The fraction of sp³-hybridized carbons (Fsp3) is 0.333. The van der Waals surface area contributed by atoms with Crippen molar-refractivity contribution in [3.8, 4) is 0 Å². The number of nitrogens with zero attached hydrogens (tertiary/aromatic N) is 2. The Hall–Kier alpha value is -1.53. The fourth-order valence-electron chi connectivity index (χ4n) is 1.93. The third-order valence-electron chi connectivity index (χ3n) is 2.47. The fourth-order valence-corrected chi connectivity index (χ4v) is 2.45. The molecule has 1 aromatic carbocycles. The highest BCUT2D eigenvalue weighted by Crippen LogP contribution is 2.26. The Morgan fingerprint density at radius 2 is 1.94 bits per heavy atom. The van der Waals surface area contributed by atoms with Gasteiger partial charge in [0.05, 0.1) is 11.4 Å². The number of benzene rings is 1. The second kappa shape index (κ2) is 6.42. The van der Waals surface area contributed by atoms with E-state index in [2.05, 4.69) is 5.10 Å². The van der Waals surface area contributed by atoms with Gasteiger partial charge in [0.1, 0.15) is 6.29 Å². The van der Waals surface area contributed by atoms with Gasteiger partial charge in [-0.3, -0.25) is 5.01 Å². The summed E-state index contributed by atoms with van der Waals surface area (Å²) in [4.78, 5) is 10.4. The van der Waals surface area contributed by atoms with Crippen LogP contribution in [0.3, 0.4) is 0 Å². The quantitative estimate of drug-likeness (QED) is 0.284. The van der Waals surface area contributed by atoms with E-state index < -0.39 is 0 Å². The predicted octanol–water partition coefficient (Wildman–Crippen LogP) is 1.45. The summed E-state index contributed by atoms with van der Waals surface area (Å²) in [6.07, 6.45) is 0.790. The maximum atomic E-state index is 10.4. The van der Waals surface area contributed by atoms with Crippen molar-refractivity contribution in [1.82, 2.24) is 0 Å². The van der Waals surface area contributed by atoms with Gasteiger partial charge >= 0.3 is 0 Å². The molecular formula is C12H18N4OS. The first-order valence-corrected chi connectivity index (χ1v) is 6.46. The van der Waals surface area contributed by atoms with Crippen LogP contribution in [0.15, 0.2) is 17.2 Å². The molecule has 0 heterocycles. The van der Waals surface area contributed by atoms with Crippen molar-refractivity contribution in [2.75, 3.05) is 10.8 Å². The van der Waals surface area contributed by atoms with Crippen molar-refractivity contribution < 1.29 is 4.79 Å². The van der Waals surface area contributed by atoms with Gasteiger partial charge in [-0.2, -0.15) is 5.10 Å². The van der Waals surface area contributed by atoms with E-state index in [1.807, 2.05) is 32.9 Å². The van der Waals surface area contributed by atoms with Crippen LogP contribution in [0, 0.1) is 20.8 Å². The van der Waals surface area contributed by atoms with Gasteiger partial charge in [0, 0.05) is 0 Å². The molecule has 0 saturated heterocycles. The van der Waals surface area contributed by atoms with Gasteiger partial charge in [-0.15, -0.1) is 0 Å². The Labute approximate surface area is 111 Å². The van der Waals surface area contributed by atoms with Crippen LogP contribution in [0.2, 0.25) is 0 Å². The van der Waals surface area contributed by atoms with Gasteiger partial charge < -0.3 is 10.6 Å². The molecule has 0 aliphatic carbocycles. The smallest absolute Gasteiger partial charge is 0.201 e. The minimum absolute atomic E-state index is 0.272. The van der Waals surface area contributed by atoms with Crippen molar-refractivity contribution in [1.29, 1.82) is 0 Å². The van der Waals surface area contributed by atoms with Crippen LogP contribution >= 0.6 is 11.8 Å². The molecule has 0 aliphatic rings. The first-order valence-electron chi connectivity index (χ1n) is 5.48. The largest absolute Gasteiger partial charge is 0.321 e. The molecule has 0 aliphatic heterocycles. The summed E-state index contributed by atoms with van der Waals surface area (Å²) in [5.41, 5.74) is 4.13. The highest BCUT2D eigenvalue weighted by Gasteiger charge is 2.15. The van der Waals surface area contributed by atoms with Gasteiger partial charge in [-0.1, -0.05) is 29.5 Å². The zero-order chi connectivity index (χ0) is 13.7. The molecule has 0 aromatic heterocycles. The van der Waals surface area contributed by atoms with Crippen LogP contribution in [0.25, 0.3) is 0 Å². The van der Waals surface area contributed by atoms with E-state index >= 15 is 0 Å². The molecule has 0 saturated carbocycles. The van der Waals surface area contributed by atoms with Crippen molar-refractivity contribution in [3.63, 3.8) is 0 Å². The molecule has 0 fully saturated rings. The van der Waals surface area contributed by atoms with E-state index in [0.717, 1.165) is 23.1 Å². The second-order valence-corrected chi connectivity index (χ2v) is 4.99. The van der Waals surface area contributed by atoms with E-state index in [0.29, 0.717) is 5.17 Å². The summed E-state index contributed by atoms with van der Waals surface area (Å²) in [6, 6.07) is 4.08. The molecule has 4 N–H and O–H groups in total. The molecule has 1 rings (SSSR count). The topological polar surface area (TPSA) is 84.7 Å². The maximum absolute atomic E-state index is 10.4. The third-order valence-corrected chi connectivity index (χ3v) is 3.34. The number of nitrogens with two attached hydrogens (primary N) is 2. The lowest BCUT2D eigenvalue weighted by molar-refractivity contribution is -0.105. The number of hydrogen-bond donors (Lipinski definition) is 2. The number of amidine groups is 1. The van der Waals surface area contributed by atoms with Gasteiger partial charge in [0.15, 0.2) is 0 Å². The van der Waals surface area contributed by atoms with Crippen LogP contribution < -0.4 is 16.7 Å². The summed E-state index contributed by atoms with van der Waals surface area (Å²) < 4.78 is 0. The minimum Gasteiger partial charge on any atom is -0.321 e. The van der Waals surface area contributed by atoms with Crippen LogP contribution in [0.1, 0.15) is 16.7 Å². The Bertz CT molecular complexity index is 450. The number of aryl methyl sites for hydroxylation is 3. The van der Waals surface area contributed by atoms with E-state index in [9.17, 15) is 4.79 Å². The Morgan fingerprint density at radius 3 is 2.39 bits per heavy atom. The standard InChI is InChI=1S/C12H18N4OS/c1-8-6-9(2)11(10(3)7-8)16(14)12(15-13)18-5-4-17/h4,6-7H,5,13-14H2,1-3H3/b15-12+. The van der Waals surface area contributed by atoms with E-state index in [-0.39, 0.29) is 5.75 Å². The van der Waals surface area contributed by atoms with E-state index in [4.69, 9.17) is 11.7 Å². The predicted molar refractivity (Wildman–Crippen MR) is 77.5 cm³/mol. The number of hydrazone groups is 1. The van der Waals surface area contributed by atoms with Crippen molar-refractivity contribution in [2.45, 2.75) is 20.8 Å². The van der Waals surface area contributed by atoms with Crippen molar-refractivity contribution in [2.24, 2.45) is 16.8 Å². The lowest BCUT2D eigenvalue weighted by Gasteiger charge is -2.23. The number of rotatable bonds is 3. The molecular weight excluding hydrogens is 248 g/mol. The summed E-state index contributed by atoms with van der Waals surface area (Å²) in [7, 11) is 0. The van der Waals surface area contributed by atoms with E-state index in [1.54, 1.807) is 0 Å². The molecule has 0 unspecified atom stereocenters. The monoisotopic (exact) mass is 266 g/mol. The lowest BCUT2D eigenvalue weighted by Crippen LogP contribution is -2.37. The number of carbonyl (C=O) groups excluding carboxylic acids is 1. The number of thioether (sulfide) groups is 1. The normalized spacial score (nSPS) is 11.4. The minimum atomic E-state index is 0.272. The average Bonchev–Trinajstić information content (AvgIpc) is 2.28. The molecule has 98 valence electrons. The van der Waals surface area contributed by atoms with Gasteiger partial charge in [0.25, 0.3) is 0 Å². The van der Waals surface area contributed by atoms with Crippen molar-refractivity contribution >= 4 is 28.9 Å². The number of hydrogen-bond acceptors (Lipinski definition) is 5. The summed E-state index contributed by atoms with van der Waals surface area (Å²) in [6.45, 7) is 5.99. The van der Waals surface area contributed by atoms with Gasteiger partial charge in [-0.05, 0) is 31.9 Å². The third kappa shape index (κ3) is 3.24. The molecule has 6 heteroatoms. The first kappa shape index (κ1) is 14.5. The molecule has 0 amide bonds. The zero-order valence-corrected chi connectivity index (χ0v) is 11.6. The molecule has 0 radical (unpaired) electrons. The lowest BCUT2D eigenvalue weighted by atomic mass is 10.1. The molecule has 0 bridgehead atoms. The molecule has 5 nitrogen and oxygen atoms in total. The van der Waals surface area contributed by atoms with Crippen LogP contribution in [0.4, 0.5) is 5.69 Å². The van der Waals surface area contributed by atoms with Crippen LogP contribution in [0.5, 0.6) is 0 Å². The molecule has 18 heavy (non-hydrogen) atoms. The maximum Gasteiger partial charge on any atom is 0.201 e. The number of hydrazine groups is 1. The summed E-state index contributed by atoms with van der Waals surface area (Å²) in [5, 5.41) is 5.47. The second-order valence-electron chi connectivity index (χ2n) is 4.01. The van der Waals surface area contributed by atoms with Gasteiger partial charge in [0.2, 0.25) is 5.17 Å². The average molecular weight is 266 g/mol. The number of aldehydes is 1.